The Labute approximate surface area is 85.5 Å². The largest absolute Gasteiger partial charge is 0.396 e. The van der Waals surface area contributed by atoms with Crippen molar-refractivity contribution in [2.45, 2.75) is 39.7 Å². The first-order valence-corrected chi connectivity index (χ1v) is 5.24. The maximum absolute atomic E-state index is 11.9. The van der Waals surface area contributed by atoms with Crippen molar-refractivity contribution in [2.75, 3.05) is 13.2 Å². The SMILES string of the molecule is C[C@@H]1OC[C@@H](CCO)CC(=O)C1(C)C. The van der Waals surface area contributed by atoms with Gasteiger partial charge >= 0.3 is 0 Å². The molecule has 0 unspecified atom stereocenters. The second-order valence-electron chi connectivity index (χ2n) is 4.70. The molecule has 0 radical (unpaired) electrons. The molecule has 3 nitrogen and oxygen atoms in total. The summed E-state index contributed by atoms with van der Waals surface area (Å²) in [7, 11) is 0. The van der Waals surface area contributed by atoms with E-state index in [4.69, 9.17) is 9.84 Å². The van der Waals surface area contributed by atoms with Crippen LogP contribution < -0.4 is 0 Å². The normalized spacial score (nSPS) is 32.7. The second kappa shape index (κ2) is 4.41. The molecule has 0 aromatic heterocycles. The fraction of sp³-hybridized carbons (Fsp3) is 0.909. The van der Waals surface area contributed by atoms with E-state index in [9.17, 15) is 4.79 Å². The van der Waals surface area contributed by atoms with Gasteiger partial charge in [-0.3, -0.25) is 4.79 Å². The molecule has 0 spiro atoms. The Hall–Kier alpha value is -0.410. The number of aliphatic hydroxyl groups is 1. The van der Waals surface area contributed by atoms with Gasteiger partial charge in [-0.05, 0) is 19.3 Å². The summed E-state index contributed by atoms with van der Waals surface area (Å²) in [6.45, 7) is 6.54. The molecule has 1 fully saturated rings. The Balaban J connectivity index is 2.68. The molecule has 0 aromatic carbocycles. The van der Waals surface area contributed by atoms with Crippen LogP contribution in [0.4, 0.5) is 0 Å². The Morgan fingerprint density at radius 1 is 1.57 bits per heavy atom. The van der Waals surface area contributed by atoms with Gasteiger partial charge in [0.1, 0.15) is 5.78 Å². The van der Waals surface area contributed by atoms with Gasteiger partial charge in [0.25, 0.3) is 0 Å². The molecule has 2 atom stereocenters. The molecule has 1 aliphatic rings. The number of carbonyl (C=O) groups is 1. The first kappa shape index (κ1) is 11.7. The lowest BCUT2D eigenvalue weighted by molar-refractivity contribution is -0.131. The number of ketones is 1. The van der Waals surface area contributed by atoms with E-state index in [2.05, 4.69) is 0 Å². The lowest BCUT2D eigenvalue weighted by Crippen LogP contribution is -2.34. The van der Waals surface area contributed by atoms with Crippen molar-refractivity contribution in [2.24, 2.45) is 11.3 Å². The summed E-state index contributed by atoms with van der Waals surface area (Å²) in [5.41, 5.74) is -0.385. The maximum atomic E-state index is 11.9. The van der Waals surface area contributed by atoms with Crippen molar-refractivity contribution < 1.29 is 14.6 Å². The van der Waals surface area contributed by atoms with Gasteiger partial charge < -0.3 is 9.84 Å². The highest BCUT2D eigenvalue weighted by Crippen LogP contribution is 2.32. The fourth-order valence-corrected chi connectivity index (χ4v) is 1.67. The molecule has 1 heterocycles. The fourth-order valence-electron chi connectivity index (χ4n) is 1.67. The second-order valence-corrected chi connectivity index (χ2v) is 4.70. The van der Waals surface area contributed by atoms with E-state index in [0.29, 0.717) is 19.4 Å². The van der Waals surface area contributed by atoms with Crippen LogP contribution in [0.25, 0.3) is 0 Å². The Bertz CT molecular complexity index is 211. The van der Waals surface area contributed by atoms with Crippen LogP contribution in [0.5, 0.6) is 0 Å². The molecule has 0 aromatic rings. The van der Waals surface area contributed by atoms with E-state index < -0.39 is 0 Å². The first-order valence-electron chi connectivity index (χ1n) is 5.24. The summed E-state index contributed by atoms with van der Waals surface area (Å²) >= 11 is 0. The number of Topliss-reactive ketones (excluding diaryl/α,β-unsaturated/α-hetero) is 1. The van der Waals surface area contributed by atoms with Gasteiger partial charge in [0.2, 0.25) is 0 Å². The van der Waals surface area contributed by atoms with Crippen molar-refractivity contribution in [3.05, 3.63) is 0 Å². The summed E-state index contributed by atoms with van der Waals surface area (Å²) in [5, 5.41) is 8.83. The third kappa shape index (κ3) is 2.34. The quantitative estimate of drug-likeness (QED) is 0.732. The summed E-state index contributed by atoms with van der Waals surface area (Å²) in [6.07, 6.45) is 1.17. The number of rotatable bonds is 2. The average molecular weight is 200 g/mol. The van der Waals surface area contributed by atoms with Crippen LogP contribution in [0.1, 0.15) is 33.6 Å². The highest BCUT2D eigenvalue weighted by molar-refractivity contribution is 5.85. The van der Waals surface area contributed by atoms with E-state index in [-0.39, 0.29) is 29.8 Å². The minimum absolute atomic E-state index is 0.0290. The number of carbonyl (C=O) groups excluding carboxylic acids is 1. The maximum Gasteiger partial charge on any atom is 0.141 e. The van der Waals surface area contributed by atoms with Gasteiger partial charge in [-0.15, -0.1) is 0 Å². The zero-order chi connectivity index (χ0) is 10.8. The van der Waals surface area contributed by atoms with Crippen LogP contribution in [0.15, 0.2) is 0 Å². The van der Waals surface area contributed by atoms with Gasteiger partial charge in [0, 0.05) is 18.4 Å². The standard InChI is InChI=1S/C11H20O3/c1-8-11(2,3)10(13)6-9(4-5-12)7-14-8/h8-9,12H,4-7H2,1-3H3/t8-,9-/m0/s1. The van der Waals surface area contributed by atoms with Gasteiger partial charge in [-0.2, -0.15) is 0 Å². The molecule has 1 N–H and O–H groups in total. The van der Waals surface area contributed by atoms with Crippen LogP contribution in [0.2, 0.25) is 0 Å². The van der Waals surface area contributed by atoms with Gasteiger partial charge in [0.05, 0.1) is 12.7 Å². The zero-order valence-electron chi connectivity index (χ0n) is 9.25. The molecular weight excluding hydrogens is 180 g/mol. The highest BCUT2D eigenvalue weighted by Gasteiger charge is 2.38. The van der Waals surface area contributed by atoms with Crippen LogP contribution in [0, 0.1) is 11.3 Å². The topological polar surface area (TPSA) is 46.5 Å². The molecule has 0 aliphatic carbocycles. The van der Waals surface area contributed by atoms with Crippen molar-refractivity contribution in [3.63, 3.8) is 0 Å². The highest BCUT2D eigenvalue weighted by atomic mass is 16.5. The number of hydrogen-bond acceptors (Lipinski definition) is 3. The number of hydrogen-bond donors (Lipinski definition) is 1. The minimum atomic E-state index is -0.385. The summed E-state index contributed by atoms with van der Waals surface area (Å²) < 4.78 is 5.62. The van der Waals surface area contributed by atoms with Crippen LogP contribution in [-0.4, -0.2) is 30.2 Å². The van der Waals surface area contributed by atoms with Crippen LogP contribution in [-0.2, 0) is 9.53 Å². The van der Waals surface area contributed by atoms with E-state index >= 15 is 0 Å². The lowest BCUT2D eigenvalue weighted by Gasteiger charge is -2.27. The molecule has 0 saturated carbocycles. The third-order valence-corrected chi connectivity index (χ3v) is 3.33. The van der Waals surface area contributed by atoms with Crippen molar-refractivity contribution in [3.8, 4) is 0 Å². The summed E-state index contributed by atoms with van der Waals surface area (Å²) in [5.74, 6) is 0.442. The van der Waals surface area contributed by atoms with E-state index in [1.54, 1.807) is 0 Å². The van der Waals surface area contributed by atoms with Crippen LogP contribution in [0.3, 0.4) is 0 Å². The molecule has 82 valence electrons. The Kier molecular flexibility index (Phi) is 3.67. The summed E-state index contributed by atoms with van der Waals surface area (Å²) in [6, 6.07) is 0. The van der Waals surface area contributed by atoms with Crippen LogP contribution >= 0.6 is 0 Å². The van der Waals surface area contributed by atoms with Crippen molar-refractivity contribution >= 4 is 5.78 Å². The van der Waals surface area contributed by atoms with Gasteiger partial charge in [-0.1, -0.05) is 13.8 Å². The van der Waals surface area contributed by atoms with Gasteiger partial charge in [0.15, 0.2) is 0 Å². The molecule has 0 bridgehead atoms. The predicted molar refractivity (Wildman–Crippen MR) is 54.0 cm³/mol. The van der Waals surface area contributed by atoms with Crippen molar-refractivity contribution in [1.82, 2.24) is 0 Å². The first-order chi connectivity index (χ1) is 6.48. The summed E-state index contributed by atoms with van der Waals surface area (Å²) in [4.78, 5) is 11.9. The van der Waals surface area contributed by atoms with Gasteiger partial charge in [-0.25, -0.2) is 0 Å². The molecular formula is C11H20O3. The molecule has 0 amide bonds. The van der Waals surface area contributed by atoms with Crippen molar-refractivity contribution in [1.29, 1.82) is 0 Å². The molecule has 1 saturated heterocycles. The Morgan fingerprint density at radius 3 is 2.79 bits per heavy atom. The lowest BCUT2D eigenvalue weighted by atomic mass is 9.80. The zero-order valence-corrected chi connectivity index (χ0v) is 9.25. The molecule has 1 aliphatic heterocycles. The van der Waals surface area contributed by atoms with E-state index in [1.165, 1.54) is 0 Å². The number of aliphatic hydroxyl groups excluding tert-OH is 1. The van der Waals surface area contributed by atoms with E-state index in [0.717, 1.165) is 0 Å². The monoisotopic (exact) mass is 200 g/mol. The molecule has 3 heteroatoms. The molecule has 14 heavy (non-hydrogen) atoms. The molecule has 1 rings (SSSR count). The predicted octanol–water partition coefficient (Wildman–Crippen LogP) is 1.39. The smallest absolute Gasteiger partial charge is 0.141 e. The number of ether oxygens (including phenoxy) is 1. The average Bonchev–Trinajstić information content (AvgIpc) is 2.20. The Morgan fingerprint density at radius 2 is 2.21 bits per heavy atom. The minimum Gasteiger partial charge on any atom is -0.396 e. The van der Waals surface area contributed by atoms with E-state index in [1.807, 2.05) is 20.8 Å². The third-order valence-electron chi connectivity index (χ3n) is 3.33.